The van der Waals surface area contributed by atoms with E-state index in [1.165, 1.54) is 59.5 Å². The SMILES string of the molecule is CC(Sc1ccc(NC(=O)/C(=C/c2ccccc2F)NC(=O)c2ccccc2)cc1)C(=O)Nc1nc(-c2ccc(F)cc2)cs1. The van der Waals surface area contributed by atoms with Gasteiger partial charge < -0.3 is 16.0 Å². The number of halogens is 2. The van der Waals surface area contributed by atoms with Gasteiger partial charge in [-0.05, 0) is 79.7 Å². The van der Waals surface area contributed by atoms with Crippen LogP contribution in [0, 0.1) is 11.6 Å². The van der Waals surface area contributed by atoms with E-state index in [1.54, 1.807) is 85.1 Å². The Hall–Kier alpha value is -5.13. The zero-order valence-electron chi connectivity index (χ0n) is 23.8. The van der Waals surface area contributed by atoms with Crippen molar-refractivity contribution in [2.45, 2.75) is 17.1 Å². The summed E-state index contributed by atoms with van der Waals surface area (Å²) in [5, 5.41) is 9.89. The second-order valence-electron chi connectivity index (χ2n) is 9.67. The first-order valence-corrected chi connectivity index (χ1v) is 15.4. The number of nitrogens with one attached hydrogen (secondary N) is 3. The number of rotatable bonds is 10. The van der Waals surface area contributed by atoms with Crippen LogP contribution in [0.2, 0.25) is 0 Å². The molecule has 1 heterocycles. The normalized spacial score (nSPS) is 11.8. The van der Waals surface area contributed by atoms with Crippen molar-refractivity contribution in [1.29, 1.82) is 0 Å². The van der Waals surface area contributed by atoms with Crippen molar-refractivity contribution in [2.75, 3.05) is 10.6 Å². The number of aromatic nitrogens is 1. The van der Waals surface area contributed by atoms with E-state index in [-0.39, 0.29) is 23.0 Å². The van der Waals surface area contributed by atoms with Crippen molar-refractivity contribution in [3.05, 3.63) is 137 Å². The van der Waals surface area contributed by atoms with Gasteiger partial charge in [0.05, 0.1) is 10.9 Å². The third-order valence-electron chi connectivity index (χ3n) is 6.40. The predicted molar refractivity (Wildman–Crippen MR) is 175 cm³/mol. The molecule has 0 saturated heterocycles. The first-order chi connectivity index (χ1) is 21.7. The van der Waals surface area contributed by atoms with E-state index >= 15 is 0 Å². The van der Waals surface area contributed by atoms with Crippen molar-refractivity contribution >= 4 is 57.7 Å². The van der Waals surface area contributed by atoms with E-state index in [9.17, 15) is 23.2 Å². The van der Waals surface area contributed by atoms with Crippen molar-refractivity contribution < 1.29 is 23.2 Å². The average molecular weight is 641 g/mol. The molecule has 7 nitrogen and oxygen atoms in total. The molecule has 3 N–H and O–H groups in total. The van der Waals surface area contributed by atoms with Crippen LogP contribution in [0.1, 0.15) is 22.8 Å². The van der Waals surface area contributed by atoms with Gasteiger partial charge in [0.15, 0.2) is 5.13 Å². The molecule has 0 saturated carbocycles. The van der Waals surface area contributed by atoms with E-state index in [2.05, 4.69) is 20.9 Å². The van der Waals surface area contributed by atoms with E-state index in [4.69, 9.17) is 0 Å². The molecule has 3 amide bonds. The highest BCUT2D eigenvalue weighted by molar-refractivity contribution is 8.00. The maximum Gasteiger partial charge on any atom is 0.272 e. The van der Waals surface area contributed by atoms with Gasteiger partial charge in [-0.15, -0.1) is 23.1 Å². The van der Waals surface area contributed by atoms with E-state index < -0.39 is 22.9 Å². The van der Waals surface area contributed by atoms with Gasteiger partial charge in [0.1, 0.15) is 17.3 Å². The Morgan fingerprint density at radius 2 is 1.53 bits per heavy atom. The molecule has 0 spiro atoms. The fourth-order valence-electron chi connectivity index (χ4n) is 4.05. The summed E-state index contributed by atoms with van der Waals surface area (Å²) in [5.41, 5.74) is 2.16. The highest BCUT2D eigenvalue weighted by Crippen LogP contribution is 2.28. The molecule has 4 aromatic carbocycles. The van der Waals surface area contributed by atoms with Gasteiger partial charge in [-0.2, -0.15) is 0 Å². The first kappa shape index (κ1) is 31.3. The monoisotopic (exact) mass is 640 g/mol. The number of anilines is 2. The molecule has 0 bridgehead atoms. The minimum Gasteiger partial charge on any atom is -0.321 e. The quantitative estimate of drug-likeness (QED) is 0.108. The smallest absolute Gasteiger partial charge is 0.272 e. The molecule has 0 aliphatic rings. The highest BCUT2D eigenvalue weighted by Gasteiger charge is 2.18. The number of thioether (sulfide) groups is 1. The Morgan fingerprint density at radius 3 is 2.24 bits per heavy atom. The number of carbonyl (C=O) groups is 3. The van der Waals surface area contributed by atoms with Crippen LogP contribution in [0.25, 0.3) is 17.3 Å². The first-order valence-electron chi connectivity index (χ1n) is 13.7. The molecule has 45 heavy (non-hydrogen) atoms. The summed E-state index contributed by atoms with van der Waals surface area (Å²) in [6.45, 7) is 1.76. The van der Waals surface area contributed by atoms with Crippen LogP contribution in [0.4, 0.5) is 19.6 Å². The van der Waals surface area contributed by atoms with Crippen LogP contribution >= 0.6 is 23.1 Å². The topological polar surface area (TPSA) is 100 Å². The summed E-state index contributed by atoms with van der Waals surface area (Å²) >= 11 is 2.60. The molecule has 5 rings (SSSR count). The lowest BCUT2D eigenvalue weighted by molar-refractivity contribution is -0.115. The van der Waals surface area contributed by atoms with Gasteiger partial charge >= 0.3 is 0 Å². The largest absolute Gasteiger partial charge is 0.321 e. The summed E-state index contributed by atoms with van der Waals surface area (Å²) in [7, 11) is 0. The maximum atomic E-state index is 14.4. The molecule has 1 unspecified atom stereocenters. The Bertz CT molecular complexity index is 1840. The predicted octanol–water partition coefficient (Wildman–Crippen LogP) is 7.62. The van der Waals surface area contributed by atoms with Crippen LogP contribution in [0.5, 0.6) is 0 Å². The number of thiazole rings is 1. The highest BCUT2D eigenvalue weighted by atomic mass is 32.2. The Balaban J connectivity index is 1.21. The molecule has 5 aromatic rings. The van der Waals surface area contributed by atoms with Crippen molar-refractivity contribution in [2.24, 2.45) is 0 Å². The second kappa shape index (κ2) is 14.6. The average Bonchev–Trinajstić information content (AvgIpc) is 3.51. The minimum absolute atomic E-state index is 0.137. The zero-order valence-corrected chi connectivity index (χ0v) is 25.4. The van der Waals surface area contributed by atoms with E-state index in [1.807, 2.05) is 0 Å². The molecule has 1 aromatic heterocycles. The molecular weight excluding hydrogens is 615 g/mol. The third kappa shape index (κ3) is 8.49. The summed E-state index contributed by atoms with van der Waals surface area (Å²) in [4.78, 5) is 44.1. The molecular formula is C34H26F2N4O3S2. The van der Waals surface area contributed by atoms with Gasteiger partial charge in [0.2, 0.25) is 5.91 Å². The fraction of sp³-hybridized carbons (Fsp3) is 0.0588. The van der Waals surface area contributed by atoms with Crippen molar-refractivity contribution in [3.63, 3.8) is 0 Å². The third-order valence-corrected chi connectivity index (χ3v) is 8.27. The Morgan fingerprint density at radius 1 is 0.844 bits per heavy atom. The number of hydrogen-bond donors (Lipinski definition) is 3. The van der Waals surface area contributed by atoms with E-state index in [0.717, 1.165) is 10.5 Å². The van der Waals surface area contributed by atoms with Crippen LogP contribution in [0.15, 0.2) is 119 Å². The number of benzene rings is 4. The summed E-state index contributed by atoms with van der Waals surface area (Å²) < 4.78 is 27.6. The Labute approximate surface area is 266 Å². The number of carbonyl (C=O) groups excluding carboxylic acids is 3. The molecule has 1 atom stereocenters. The summed E-state index contributed by atoms with van der Waals surface area (Å²) in [6, 6.07) is 27.1. The molecule has 226 valence electrons. The molecule has 0 radical (unpaired) electrons. The van der Waals surface area contributed by atoms with Gasteiger partial charge in [-0.3, -0.25) is 14.4 Å². The lowest BCUT2D eigenvalue weighted by atomic mass is 10.1. The Kier molecular flexibility index (Phi) is 10.1. The number of nitrogens with zero attached hydrogens (tertiary/aromatic N) is 1. The van der Waals surface area contributed by atoms with Crippen LogP contribution in [-0.4, -0.2) is 28.0 Å². The van der Waals surface area contributed by atoms with Crippen LogP contribution < -0.4 is 16.0 Å². The number of hydrogen-bond acceptors (Lipinski definition) is 6. The van der Waals surface area contributed by atoms with Gasteiger partial charge in [-0.1, -0.05) is 36.4 Å². The molecule has 0 aliphatic carbocycles. The summed E-state index contributed by atoms with van der Waals surface area (Å²) in [6.07, 6.45) is 1.28. The van der Waals surface area contributed by atoms with Crippen molar-refractivity contribution in [1.82, 2.24) is 10.3 Å². The number of amides is 3. The van der Waals surface area contributed by atoms with Crippen LogP contribution in [-0.2, 0) is 9.59 Å². The molecule has 0 aliphatic heterocycles. The lowest BCUT2D eigenvalue weighted by Crippen LogP contribution is -2.30. The van der Waals surface area contributed by atoms with Gasteiger partial charge in [0, 0.05) is 32.7 Å². The molecule has 11 heteroatoms. The van der Waals surface area contributed by atoms with Crippen molar-refractivity contribution in [3.8, 4) is 11.3 Å². The second-order valence-corrected chi connectivity index (χ2v) is 11.9. The van der Waals surface area contributed by atoms with Crippen LogP contribution in [0.3, 0.4) is 0 Å². The summed E-state index contributed by atoms with van der Waals surface area (Å²) in [5.74, 6) is -2.28. The van der Waals surface area contributed by atoms with Gasteiger partial charge in [-0.25, -0.2) is 13.8 Å². The lowest BCUT2D eigenvalue weighted by Gasteiger charge is -2.13. The maximum absolute atomic E-state index is 14.4. The molecule has 0 fully saturated rings. The van der Waals surface area contributed by atoms with Gasteiger partial charge in [0.25, 0.3) is 11.8 Å². The zero-order chi connectivity index (χ0) is 31.8. The minimum atomic E-state index is -0.640. The van der Waals surface area contributed by atoms with E-state index in [0.29, 0.717) is 22.1 Å². The fourth-order valence-corrected chi connectivity index (χ4v) is 5.64. The standard InChI is InChI=1S/C34H26F2N4O3S2/c1-21(31(41)40-34-39-30(20-44-34)22-11-13-25(35)14-12-22)45-27-17-15-26(16-18-27)37-33(43)29(19-24-9-5-6-10-28(24)36)38-32(42)23-7-3-2-4-8-23/h2-21H,1H3,(H,37,43)(H,38,42)(H,39,40,41)/b29-19-.